The van der Waals surface area contributed by atoms with Crippen LogP contribution < -0.4 is 5.32 Å². The largest absolute Gasteiger partial charge is 0.306 e. The van der Waals surface area contributed by atoms with Gasteiger partial charge in [0.15, 0.2) is 0 Å². The van der Waals surface area contributed by atoms with E-state index in [1.54, 1.807) is 0 Å². The highest BCUT2D eigenvalue weighted by atomic mass is 79.9. The second kappa shape index (κ2) is 6.35. The minimum atomic E-state index is 0.200. The minimum Gasteiger partial charge on any atom is -0.306 e. The molecule has 2 aromatic rings. The summed E-state index contributed by atoms with van der Waals surface area (Å²) in [5.74, 6) is 0. The maximum Gasteiger partial charge on any atom is 0.0610 e. The molecule has 0 spiro atoms. The van der Waals surface area contributed by atoms with Crippen LogP contribution in [0.3, 0.4) is 0 Å². The SMILES string of the molecule is CCCNC(c1cnn(C)c1)c1cccc(Br)c1C. The monoisotopic (exact) mass is 321 g/mol. The number of hydrogen-bond acceptors (Lipinski definition) is 2. The predicted molar refractivity (Wildman–Crippen MR) is 82.2 cm³/mol. The lowest BCUT2D eigenvalue weighted by atomic mass is 9.97. The first-order valence-corrected chi connectivity index (χ1v) is 7.39. The van der Waals surface area contributed by atoms with Crippen molar-refractivity contribution in [3.63, 3.8) is 0 Å². The number of aromatic nitrogens is 2. The van der Waals surface area contributed by atoms with Gasteiger partial charge in [-0.15, -0.1) is 0 Å². The summed E-state index contributed by atoms with van der Waals surface area (Å²) in [6.07, 6.45) is 5.13. The molecule has 0 saturated heterocycles. The van der Waals surface area contributed by atoms with Crippen LogP contribution in [0.15, 0.2) is 35.1 Å². The molecule has 1 atom stereocenters. The maximum atomic E-state index is 4.29. The highest BCUT2D eigenvalue weighted by Gasteiger charge is 2.17. The van der Waals surface area contributed by atoms with Gasteiger partial charge in [-0.05, 0) is 37.1 Å². The van der Waals surface area contributed by atoms with E-state index < -0.39 is 0 Å². The van der Waals surface area contributed by atoms with E-state index in [9.17, 15) is 0 Å². The van der Waals surface area contributed by atoms with Gasteiger partial charge in [0.2, 0.25) is 0 Å². The number of rotatable bonds is 5. The van der Waals surface area contributed by atoms with Crippen LogP contribution in [0.25, 0.3) is 0 Å². The fourth-order valence-corrected chi connectivity index (χ4v) is 2.60. The molecule has 1 heterocycles. The number of hydrogen-bond donors (Lipinski definition) is 1. The molecule has 0 saturated carbocycles. The molecule has 0 amide bonds. The molecular weight excluding hydrogens is 302 g/mol. The zero-order valence-corrected chi connectivity index (χ0v) is 13.2. The third kappa shape index (κ3) is 3.25. The number of nitrogens with one attached hydrogen (secondary N) is 1. The highest BCUT2D eigenvalue weighted by molar-refractivity contribution is 9.10. The summed E-state index contributed by atoms with van der Waals surface area (Å²) in [5.41, 5.74) is 3.79. The van der Waals surface area contributed by atoms with Crippen LogP contribution in [0.1, 0.15) is 36.1 Å². The van der Waals surface area contributed by atoms with Gasteiger partial charge in [-0.25, -0.2) is 0 Å². The summed E-state index contributed by atoms with van der Waals surface area (Å²) in [5, 5.41) is 7.90. The Kier molecular flexibility index (Phi) is 4.77. The summed E-state index contributed by atoms with van der Waals surface area (Å²) in [7, 11) is 1.95. The van der Waals surface area contributed by atoms with Gasteiger partial charge in [-0.2, -0.15) is 5.10 Å². The maximum absolute atomic E-state index is 4.29. The summed E-state index contributed by atoms with van der Waals surface area (Å²) >= 11 is 3.61. The van der Waals surface area contributed by atoms with Gasteiger partial charge in [-0.3, -0.25) is 4.68 Å². The van der Waals surface area contributed by atoms with Crippen molar-refractivity contribution in [1.82, 2.24) is 15.1 Å². The van der Waals surface area contributed by atoms with Crippen LogP contribution in [0.4, 0.5) is 0 Å². The van der Waals surface area contributed by atoms with E-state index in [0.717, 1.165) is 17.4 Å². The summed E-state index contributed by atoms with van der Waals surface area (Å²) in [4.78, 5) is 0. The first-order chi connectivity index (χ1) is 9.13. The Morgan fingerprint density at radius 2 is 2.21 bits per heavy atom. The third-order valence-corrected chi connectivity index (χ3v) is 4.14. The van der Waals surface area contributed by atoms with Gasteiger partial charge in [-0.1, -0.05) is 35.0 Å². The van der Waals surface area contributed by atoms with Gasteiger partial charge < -0.3 is 5.32 Å². The number of benzene rings is 1. The average Bonchev–Trinajstić information content (AvgIpc) is 2.81. The second-order valence-corrected chi connectivity index (χ2v) is 5.64. The molecule has 0 bridgehead atoms. The van der Waals surface area contributed by atoms with E-state index in [1.165, 1.54) is 16.7 Å². The van der Waals surface area contributed by atoms with Gasteiger partial charge in [0.05, 0.1) is 12.2 Å². The Balaban J connectivity index is 2.39. The Hall–Kier alpha value is -1.13. The lowest BCUT2D eigenvalue weighted by molar-refractivity contribution is 0.595. The Bertz CT molecular complexity index is 548. The fraction of sp³-hybridized carbons (Fsp3) is 0.400. The van der Waals surface area contributed by atoms with Crippen molar-refractivity contribution in [2.24, 2.45) is 7.05 Å². The van der Waals surface area contributed by atoms with Crippen molar-refractivity contribution in [1.29, 1.82) is 0 Å². The van der Waals surface area contributed by atoms with E-state index in [2.05, 4.69) is 64.6 Å². The quantitative estimate of drug-likeness (QED) is 0.912. The van der Waals surface area contributed by atoms with E-state index in [0.29, 0.717) is 0 Å². The van der Waals surface area contributed by atoms with Crippen molar-refractivity contribution < 1.29 is 0 Å². The molecule has 1 aromatic heterocycles. The number of halogens is 1. The molecule has 3 nitrogen and oxygen atoms in total. The highest BCUT2D eigenvalue weighted by Crippen LogP contribution is 2.28. The van der Waals surface area contributed by atoms with Gasteiger partial charge in [0.1, 0.15) is 0 Å². The van der Waals surface area contributed by atoms with Gasteiger partial charge in [0, 0.05) is 23.3 Å². The molecule has 0 aliphatic carbocycles. The van der Waals surface area contributed by atoms with E-state index in [4.69, 9.17) is 0 Å². The minimum absolute atomic E-state index is 0.200. The normalized spacial score (nSPS) is 12.6. The summed E-state index contributed by atoms with van der Waals surface area (Å²) < 4.78 is 3.00. The smallest absolute Gasteiger partial charge is 0.0610 e. The first kappa shape index (κ1) is 14.3. The van der Waals surface area contributed by atoms with Crippen molar-refractivity contribution in [2.45, 2.75) is 26.3 Å². The van der Waals surface area contributed by atoms with Crippen LogP contribution in [-0.2, 0) is 7.05 Å². The molecule has 4 heteroatoms. The Morgan fingerprint density at radius 3 is 2.84 bits per heavy atom. The first-order valence-electron chi connectivity index (χ1n) is 6.60. The van der Waals surface area contributed by atoms with Crippen LogP contribution >= 0.6 is 15.9 Å². The molecule has 0 fully saturated rings. The van der Waals surface area contributed by atoms with Crippen molar-refractivity contribution in [2.75, 3.05) is 6.54 Å². The van der Waals surface area contributed by atoms with Crippen LogP contribution in [0.2, 0.25) is 0 Å². The van der Waals surface area contributed by atoms with Crippen molar-refractivity contribution in [3.05, 3.63) is 51.8 Å². The average molecular weight is 322 g/mol. The second-order valence-electron chi connectivity index (χ2n) is 4.79. The topological polar surface area (TPSA) is 29.9 Å². The molecule has 0 aliphatic heterocycles. The molecule has 0 aliphatic rings. The molecule has 1 N–H and O–H groups in total. The summed E-state index contributed by atoms with van der Waals surface area (Å²) in [6, 6.07) is 6.55. The van der Waals surface area contributed by atoms with Crippen LogP contribution in [0.5, 0.6) is 0 Å². The number of aryl methyl sites for hydroxylation is 1. The zero-order valence-electron chi connectivity index (χ0n) is 11.7. The third-order valence-electron chi connectivity index (χ3n) is 3.28. The molecule has 1 unspecified atom stereocenters. The molecule has 2 rings (SSSR count). The predicted octanol–water partition coefficient (Wildman–Crippen LogP) is 3.58. The van der Waals surface area contributed by atoms with Gasteiger partial charge >= 0.3 is 0 Å². The van der Waals surface area contributed by atoms with Gasteiger partial charge in [0.25, 0.3) is 0 Å². The van der Waals surface area contributed by atoms with Crippen molar-refractivity contribution in [3.8, 4) is 0 Å². The zero-order chi connectivity index (χ0) is 13.8. The molecule has 19 heavy (non-hydrogen) atoms. The molecule has 102 valence electrons. The Labute approximate surface area is 123 Å². The van der Waals surface area contributed by atoms with E-state index >= 15 is 0 Å². The lowest BCUT2D eigenvalue weighted by Gasteiger charge is -2.20. The number of nitrogens with zero attached hydrogens (tertiary/aromatic N) is 2. The summed E-state index contributed by atoms with van der Waals surface area (Å²) in [6.45, 7) is 5.32. The fourth-order valence-electron chi connectivity index (χ4n) is 2.22. The molecule has 1 aromatic carbocycles. The Morgan fingerprint density at radius 1 is 1.42 bits per heavy atom. The lowest BCUT2D eigenvalue weighted by Crippen LogP contribution is -2.23. The standard InChI is InChI=1S/C15H20BrN3/c1-4-8-17-15(12-9-18-19(3)10-12)13-6-5-7-14(16)11(13)2/h5-7,9-10,15,17H,4,8H2,1-3H3. The van der Waals surface area contributed by atoms with E-state index in [-0.39, 0.29) is 6.04 Å². The van der Waals surface area contributed by atoms with Crippen molar-refractivity contribution >= 4 is 15.9 Å². The molecule has 0 radical (unpaired) electrons. The van der Waals surface area contributed by atoms with Crippen LogP contribution in [0, 0.1) is 6.92 Å². The molecular formula is C15H20BrN3. The van der Waals surface area contributed by atoms with Crippen LogP contribution in [-0.4, -0.2) is 16.3 Å². The van der Waals surface area contributed by atoms with E-state index in [1.807, 2.05) is 17.9 Å².